The maximum Gasteiger partial charge on any atom is 0.233 e. The summed E-state index contributed by atoms with van der Waals surface area (Å²) in [6.45, 7) is 0.514. The Morgan fingerprint density at radius 3 is 2.82 bits per heavy atom. The van der Waals surface area contributed by atoms with Gasteiger partial charge in [-0.05, 0) is 35.4 Å². The molecule has 2 aromatic heterocycles. The monoisotopic (exact) mass is 397 g/mol. The van der Waals surface area contributed by atoms with E-state index in [0.717, 1.165) is 29.2 Å². The molecule has 0 N–H and O–H groups in total. The fourth-order valence-corrected chi connectivity index (χ4v) is 4.31. The number of amides is 1. The fraction of sp³-hybridized carbons (Fsp3) is 0.421. The summed E-state index contributed by atoms with van der Waals surface area (Å²) in [5, 5.41) is 17.1. The third-order valence-corrected chi connectivity index (χ3v) is 5.88. The van der Waals surface area contributed by atoms with Crippen molar-refractivity contribution in [3.63, 3.8) is 0 Å². The summed E-state index contributed by atoms with van der Waals surface area (Å²) in [5.74, 6) is 0.356. The fourth-order valence-electron chi connectivity index (χ4n) is 3.42. The molecule has 0 atom stereocenters. The molecule has 28 heavy (non-hydrogen) atoms. The van der Waals surface area contributed by atoms with Crippen molar-refractivity contribution in [3.05, 3.63) is 48.3 Å². The molecule has 0 bridgehead atoms. The van der Waals surface area contributed by atoms with Crippen LogP contribution < -0.4 is 0 Å². The molecule has 0 spiro atoms. The quantitative estimate of drug-likeness (QED) is 0.570. The molecule has 0 saturated heterocycles. The molecular weight excluding hydrogens is 374 g/mol. The van der Waals surface area contributed by atoms with Crippen molar-refractivity contribution in [2.45, 2.75) is 43.4 Å². The van der Waals surface area contributed by atoms with Crippen molar-refractivity contribution >= 4 is 17.7 Å². The highest BCUT2D eigenvalue weighted by atomic mass is 32.2. The molecule has 0 radical (unpaired) electrons. The topological polar surface area (TPSA) is 81.7 Å². The molecule has 8 nitrogen and oxygen atoms in total. The average Bonchev–Trinajstić information content (AvgIpc) is 3.47. The van der Waals surface area contributed by atoms with Gasteiger partial charge in [-0.15, -0.1) is 5.10 Å². The zero-order valence-electron chi connectivity index (χ0n) is 15.8. The summed E-state index contributed by atoms with van der Waals surface area (Å²) in [6.07, 6.45) is 8.40. The van der Waals surface area contributed by atoms with Crippen molar-refractivity contribution in [1.29, 1.82) is 0 Å². The van der Waals surface area contributed by atoms with E-state index in [1.165, 1.54) is 24.6 Å². The van der Waals surface area contributed by atoms with Crippen LogP contribution in [0.4, 0.5) is 0 Å². The lowest BCUT2D eigenvalue weighted by atomic mass is 10.3. The van der Waals surface area contributed by atoms with Crippen LogP contribution in [0.3, 0.4) is 0 Å². The van der Waals surface area contributed by atoms with Crippen molar-refractivity contribution in [3.8, 4) is 5.69 Å². The summed E-state index contributed by atoms with van der Waals surface area (Å²) >= 11 is 1.40. The van der Waals surface area contributed by atoms with Gasteiger partial charge in [0.05, 0.1) is 23.7 Å². The van der Waals surface area contributed by atoms with E-state index in [2.05, 4.69) is 20.6 Å². The molecule has 1 aliphatic rings. The average molecular weight is 398 g/mol. The Kier molecular flexibility index (Phi) is 5.70. The highest BCUT2D eigenvalue weighted by Gasteiger charge is 2.22. The van der Waals surface area contributed by atoms with Crippen molar-refractivity contribution in [2.24, 2.45) is 0 Å². The minimum atomic E-state index is 0.0402. The number of rotatable bonds is 7. The lowest BCUT2D eigenvalue weighted by molar-refractivity contribution is -0.127. The number of hydrogen-bond acceptors (Lipinski definition) is 6. The highest BCUT2D eigenvalue weighted by molar-refractivity contribution is 7.99. The molecule has 1 amide bonds. The van der Waals surface area contributed by atoms with E-state index < -0.39 is 0 Å². The standard InChI is InChI=1S/C19H23N7OS/c1-24(12-15-11-20-25(13-15)16-7-3-2-4-8-16)18(27)14-28-19-21-22-23-26(19)17-9-5-6-10-17/h2-4,7-8,11,13,17H,5-6,9-10,12,14H2,1H3. The van der Waals surface area contributed by atoms with Crippen LogP contribution in [0.1, 0.15) is 37.3 Å². The van der Waals surface area contributed by atoms with Gasteiger partial charge in [-0.25, -0.2) is 9.36 Å². The minimum absolute atomic E-state index is 0.0402. The molecule has 3 aromatic rings. The van der Waals surface area contributed by atoms with Gasteiger partial charge in [-0.2, -0.15) is 5.10 Å². The van der Waals surface area contributed by atoms with E-state index in [1.807, 2.05) is 52.9 Å². The molecule has 1 aliphatic carbocycles. The van der Waals surface area contributed by atoms with E-state index in [-0.39, 0.29) is 5.91 Å². The van der Waals surface area contributed by atoms with Gasteiger partial charge in [0.25, 0.3) is 0 Å². The molecule has 1 aromatic carbocycles. The summed E-state index contributed by atoms with van der Waals surface area (Å²) in [4.78, 5) is 14.3. The molecule has 1 saturated carbocycles. The number of para-hydroxylation sites is 1. The van der Waals surface area contributed by atoms with Crippen LogP contribution in [0.15, 0.2) is 47.9 Å². The van der Waals surface area contributed by atoms with E-state index in [4.69, 9.17) is 0 Å². The van der Waals surface area contributed by atoms with Gasteiger partial charge < -0.3 is 4.90 Å². The van der Waals surface area contributed by atoms with Gasteiger partial charge >= 0.3 is 0 Å². The number of hydrogen-bond donors (Lipinski definition) is 0. The Balaban J connectivity index is 1.32. The molecule has 1 fully saturated rings. The van der Waals surface area contributed by atoms with E-state index in [9.17, 15) is 4.79 Å². The number of nitrogens with zero attached hydrogens (tertiary/aromatic N) is 7. The van der Waals surface area contributed by atoms with Crippen molar-refractivity contribution in [2.75, 3.05) is 12.8 Å². The van der Waals surface area contributed by atoms with E-state index in [0.29, 0.717) is 18.3 Å². The van der Waals surface area contributed by atoms with Crippen LogP contribution in [-0.2, 0) is 11.3 Å². The van der Waals surface area contributed by atoms with Crippen LogP contribution in [0.5, 0.6) is 0 Å². The van der Waals surface area contributed by atoms with Crippen LogP contribution >= 0.6 is 11.8 Å². The van der Waals surface area contributed by atoms with Crippen LogP contribution in [0.25, 0.3) is 5.69 Å². The number of aromatic nitrogens is 6. The van der Waals surface area contributed by atoms with Gasteiger partial charge in [0.2, 0.25) is 11.1 Å². The highest BCUT2D eigenvalue weighted by Crippen LogP contribution is 2.31. The summed E-state index contributed by atoms with van der Waals surface area (Å²) < 4.78 is 3.70. The lowest BCUT2D eigenvalue weighted by Gasteiger charge is -2.16. The van der Waals surface area contributed by atoms with Crippen LogP contribution in [0.2, 0.25) is 0 Å². The van der Waals surface area contributed by atoms with Gasteiger partial charge in [0.15, 0.2) is 0 Å². The predicted octanol–water partition coefficient (Wildman–Crippen LogP) is 2.72. The Hall–Kier alpha value is -2.68. The lowest BCUT2D eigenvalue weighted by Crippen LogP contribution is -2.27. The predicted molar refractivity (Wildman–Crippen MR) is 106 cm³/mol. The van der Waals surface area contributed by atoms with Crippen molar-refractivity contribution in [1.82, 2.24) is 34.9 Å². The molecule has 0 unspecified atom stereocenters. The maximum atomic E-state index is 12.6. The van der Waals surface area contributed by atoms with E-state index in [1.54, 1.807) is 11.1 Å². The second-order valence-corrected chi connectivity index (χ2v) is 7.95. The Morgan fingerprint density at radius 1 is 1.25 bits per heavy atom. The molecular formula is C19H23N7OS. The molecule has 2 heterocycles. The Morgan fingerprint density at radius 2 is 2.04 bits per heavy atom. The SMILES string of the molecule is CN(Cc1cnn(-c2ccccc2)c1)C(=O)CSc1nnnn1C1CCCC1. The second kappa shape index (κ2) is 8.55. The molecule has 9 heteroatoms. The third kappa shape index (κ3) is 4.24. The summed E-state index contributed by atoms with van der Waals surface area (Å²) in [5.41, 5.74) is 1.98. The second-order valence-electron chi connectivity index (χ2n) is 7.01. The van der Waals surface area contributed by atoms with Crippen LogP contribution in [-0.4, -0.2) is 53.6 Å². The number of carbonyl (C=O) groups is 1. The number of thioether (sulfide) groups is 1. The van der Waals surface area contributed by atoms with Crippen molar-refractivity contribution < 1.29 is 4.79 Å². The van der Waals surface area contributed by atoms with Gasteiger partial charge in [0, 0.05) is 25.4 Å². The first kappa shape index (κ1) is 18.7. The number of carbonyl (C=O) groups excluding carboxylic acids is 1. The number of benzene rings is 1. The summed E-state index contributed by atoms with van der Waals surface area (Å²) in [7, 11) is 1.81. The molecule has 0 aliphatic heterocycles. The summed E-state index contributed by atoms with van der Waals surface area (Å²) in [6, 6.07) is 10.3. The largest absolute Gasteiger partial charge is 0.341 e. The van der Waals surface area contributed by atoms with Gasteiger partial charge in [-0.1, -0.05) is 42.8 Å². The Bertz CT molecular complexity index is 917. The molecule has 4 rings (SSSR count). The zero-order chi connectivity index (χ0) is 19.3. The third-order valence-electron chi connectivity index (χ3n) is 4.96. The van der Waals surface area contributed by atoms with E-state index >= 15 is 0 Å². The van der Waals surface area contributed by atoms with Gasteiger partial charge in [-0.3, -0.25) is 4.79 Å². The number of tetrazole rings is 1. The minimum Gasteiger partial charge on any atom is -0.341 e. The zero-order valence-corrected chi connectivity index (χ0v) is 16.6. The first-order chi connectivity index (χ1) is 13.7. The smallest absolute Gasteiger partial charge is 0.233 e. The normalized spacial score (nSPS) is 14.5. The Labute approximate surface area is 167 Å². The maximum absolute atomic E-state index is 12.6. The first-order valence-corrected chi connectivity index (χ1v) is 10.4. The van der Waals surface area contributed by atoms with Crippen LogP contribution in [0, 0.1) is 0 Å². The molecule has 146 valence electrons. The van der Waals surface area contributed by atoms with Gasteiger partial charge in [0.1, 0.15) is 0 Å². The first-order valence-electron chi connectivity index (χ1n) is 9.44.